The number of hydrogen-bond acceptors (Lipinski definition) is 3. The van der Waals surface area contributed by atoms with Crippen molar-refractivity contribution in [3.05, 3.63) is 114 Å². The first-order chi connectivity index (χ1) is 14.7. The Morgan fingerprint density at radius 2 is 1.40 bits per heavy atom. The molecule has 30 heavy (non-hydrogen) atoms. The van der Waals surface area contributed by atoms with Gasteiger partial charge in [-0.25, -0.2) is 0 Å². The minimum absolute atomic E-state index is 0.101. The lowest BCUT2D eigenvalue weighted by molar-refractivity contribution is -0.596. The summed E-state index contributed by atoms with van der Waals surface area (Å²) < 4.78 is 3.16. The Bertz CT molecular complexity index is 1410. The molecule has 0 aliphatic carbocycles. The van der Waals surface area contributed by atoms with Gasteiger partial charge in [0.15, 0.2) is 18.2 Å². The van der Waals surface area contributed by atoms with Crippen LogP contribution in [0.25, 0.3) is 33.5 Å². The molecule has 2 heterocycles. The van der Waals surface area contributed by atoms with Crippen LogP contribution in [0.2, 0.25) is 0 Å². The van der Waals surface area contributed by atoms with E-state index >= 15 is 0 Å². The maximum atomic E-state index is 13.7. The van der Waals surface area contributed by atoms with Crippen LogP contribution >= 0.6 is 0 Å². The number of aromatic hydroxyl groups is 1. The molecule has 144 valence electrons. The number of nitrogens with zero attached hydrogens (tertiary/aromatic N) is 3. The highest BCUT2D eigenvalue weighted by Gasteiger charge is 2.26. The molecular weight excluding hydrogens is 374 g/mol. The van der Waals surface area contributed by atoms with Gasteiger partial charge in [-0.05, 0) is 23.6 Å². The van der Waals surface area contributed by atoms with Crippen LogP contribution in [-0.4, -0.2) is 14.7 Å². The molecule has 0 saturated carbocycles. The second kappa shape index (κ2) is 7.29. The van der Waals surface area contributed by atoms with E-state index in [-0.39, 0.29) is 17.1 Å². The molecule has 0 amide bonds. The van der Waals surface area contributed by atoms with E-state index in [9.17, 15) is 9.90 Å². The summed E-state index contributed by atoms with van der Waals surface area (Å²) >= 11 is 0. The first kappa shape index (κ1) is 17.8. The second-order valence-electron chi connectivity index (χ2n) is 6.93. The van der Waals surface area contributed by atoms with E-state index in [4.69, 9.17) is 0 Å². The quantitative estimate of drug-likeness (QED) is 0.472. The summed E-state index contributed by atoms with van der Waals surface area (Å²) in [5.74, 6) is 0.0701. The Kier molecular flexibility index (Phi) is 4.33. The Balaban J connectivity index is 1.82. The van der Waals surface area contributed by atoms with Crippen molar-refractivity contribution < 1.29 is 9.67 Å². The number of fused-ring (bicyclic) bond motifs is 1. The molecule has 3 aromatic carbocycles. The lowest BCUT2D eigenvalue weighted by atomic mass is 10.2. The predicted octanol–water partition coefficient (Wildman–Crippen LogP) is 4.04. The van der Waals surface area contributed by atoms with Gasteiger partial charge in [-0.15, -0.1) is 0 Å². The average molecular weight is 392 g/mol. The van der Waals surface area contributed by atoms with Crippen molar-refractivity contribution in [2.45, 2.75) is 0 Å². The van der Waals surface area contributed by atoms with Gasteiger partial charge in [0.05, 0.1) is 5.69 Å². The molecule has 0 radical (unpaired) electrons. The molecular formula is C25H18N3O2+. The van der Waals surface area contributed by atoms with Crippen LogP contribution in [-0.2, 0) is 0 Å². The van der Waals surface area contributed by atoms with Gasteiger partial charge in [-0.3, -0.25) is 9.36 Å². The van der Waals surface area contributed by atoms with Gasteiger partial charge >= 0.3 is 11.2 Å². The third kappa shape index (κ3) is 3.02. The molecule has 0 spiro atoms. The van der Waals surface area contributed by atoms with E-state index in [1.165, 1.54) is 4.57 Å². The van der Waals surface area contributed by atoms with Crippen molar-refractivity contribution in [3.63, 3.8) is 0 Å². The Hall–Kier alpha value is -4.25. The van der Waals surface area contributed by atoms with Crippen LogP contribution < -0.4 is 10.1 Å². The van der Waals surface area contributed by atoms with E-state index < -0.39 is 0 Å². The molecule has 0 aliphatic heterocycles. The third-order valence-electron chi connectivity index (χ3n) is 5.03. The van der Waals surface area contributed by atoms with Crippen molar-refractivity contribution in [1.82, 2.24) is 9.55 Å². The number of pyridine rings is 1. The predicted molar refractivity (Wildman–Crippen MR) is 116 cm³/mol. The molecule has 5 heteroatoms. The molecule has 0 saturated heterocycles. The lowest BCUT2D eigenvalue weighted by Gasteiger charge is -2.13. The molecule has 5 nitrogen and oxygen atoms in total. The minimum atomic E-state index is -0.354. The van der Waals surface area contributed by atoms with E-state index in [1.807, 2.05) is 97.2 Å². The summed E-state index contributed by atoms with van der Waals surface area (Å²) in [6.45, 7) is 0. The molecule has 1 N–H and O–H groups in total. The summed E-state index contributed by atoms with van der Waals surface area (Å²) in [4.78, 5) is 18.1. The highest BCUT2D eigenvalue weighted by molar-refractivity contribution is 5.80. The van der Waals surface area contributed by atoms with Gasteiger partial charge < -0.3 is 5.11 Å². The van der Waals surface area contributed by atoms with Crippen molar-refractivity contribution in [2.75, 3.05) is 0 Å². The molecule has 0 bridgehead atoms. The van der Waals surface area contributed by atoms with Gasteiger partial charge in [-0.1, -0.05) is 66.7 Å². The van der Waals surface area contributed by atoms with Gasteiger partial charge in [-0.2, -0.15) is 9.55 Å². The number of para-hydroxylation sites is 1. The Morgan fingerprint density at radius 3 is 2.13 bits per heavy atom. The molecule has 5 aromatic rings. The normalized spacial score (nSPS) is 10.9. The first-order valence-corrected chi connectivity index (χ1v) is 9.60. The second-order valence-corrected chi connectivity index (χ2v) is 6.93. The van der Waals surface area contributed by atoms with E-state index in [2.05, 4.69) is 4.98 Å². The summed E-state index contributed by atoms with van der Waals surface area (Å²) in [5.41, 5.74) is 1.16. The van der Waals surface area contributed by atoms with Gasteiger partial charge in [0.25, 0.3) is 5.88 Å². The first-order valence-electron chi connectivity index (χ1n) is 9.60. The fraction of sp³-hybridized carbons (Fsp3) is 0. The lowest BCUT2D eigenvalue weighted by Crippen LogP contribution is -2.40. The van der Waals surface area contributed by atoms with Crippen LogP contribution in [0, 0.1) is 0 Å². The molecule has 0 aliphatic rings. The number of rotatable bonds is 3. The van der Waals surface area contributed by atoms with E-state index in [0.717, 1.165) is 16.3 Å². The van der Waals surface area contributed by atoms with Crippen molar-refractivity contribution >= 4 is 10.8 Å². The fourth-order valence-electron chi connectivity index (χ4n) is 3.60. The maximum Gasteiger partial charge on any atom is 0.339 e. The average Bonchev–Trinajstić information content (AvgIpc) is 2.80. The summed E-state index contributed by atoms with van der Waals surface area (Å²) in [6.07, 6.45) is 3.59. The van der Waals surface area contributed by atoms with Gasteiger partial charge in [0.1, 0.15) is 0 Å². The SMILES string of the molecule is O=c1c(-[n+]2ccc3ccccc3c2)c(O)nc(-c2ccccc2)n1-c1ccccc1. The van der Waals surface area contributed by atoms with Crippen LogP contribution in [0.5, 0.6) is 5.88 Å². The van der Waals surface area contributed by atoms with Crippen molar-refractivity contribution in [3.8, 4) is 28.6 Å². The van der Waals surface area contributed by atoms with E-state index in [1.54, 1.807) is 10.8 Å². The number of hydrogen-bond donors (Lipinski definition) is 1. The summed E-state index contributed by atoms with van der Waals surface area (Å²) in [6, 6.07) is 28.5. The van der Waals surface area contributed by atoms with E-state index in [0.29, 0.717) is 11.5 Å². The van der Waals surface area contributed by atoms with Gasteiger partial charge in [0, 0.05) is 17.0 Å². The minimum Gasteiger partial charge on any atom is -0.488 e. The molecule has 5 rings (SSSR count). The van der Waals surface area contributed by atoms with Crippen LogP contribution in [0.15, 0.2) is 108 Å². The van der Waals surface area contributed by atoms with Crippen LogP contribution in [0.1, 0.15) is 0 Å². The Morgan fingerprint density at radius 1 is 0.767 bits per heavy atom. The molecule has 0 atom stereocenters. The zero-order valence-electron chi connectivity index (χ0n) is 16.0. The smallest absolute Gasteiger partial charge is 0.339 e. The Labute approximate surface area is 172 Å². The monoisotopic (exact) mass is 392 g/mol. The highest BCUT2D eigenvalue weighted by Crippen LogP contribution is 2.23. The zero-order valence-corrected chi connectivity index (χ0v) is 16.0. The standard InChI is InChI=1S/C25H17N3O2/c29-24-22(27-16-15-18-9-7-8-12-20(18)17-27)25(30)28(21-13-5-2-6-14-21)23(26-24)19-10-3-1-4-11-19/h1-17H/p+1. The highest BCUT2D eigenvalue weighted by atomic mass is 16.3. The summed E-state index contributed by atoms with van der Waals surface area (Å²) in [7, 11) is 0. The largest absolute Gasteiger partial charge is 0.488 e. The molecule has 0 unspecified atom stereocenters. The number of benzene rings is 3. The number of aromatic nitrogens is 3. The van der Waals surface area contributed by atoms with Crippen LogP contribution in [0.4, 0.5) is 0 Å². The fourth-order valence-corrected chi connectivity index (χ4v) is 3.60. The zero-order chi connectivity index (χ0) is 20.5. The van der Waals surface area contributed by atoms with Crippen LogP contribution in [0.3, 0.4) is 0 Å². The molecule has 0 fully saturated rings. The maximum absolute atomic E-state index is 13.7. The van der Waals surface area contributed by atoms with Gasteiger partial charge in [0.2, 0.25) is 0 Å². The summed E-state index contributed by atoms with van der Waals surface area (Å²) in [5, 5.41) is 12.8. The van der Waals surface area contributed by atoms with Crippen molar-refractivity contribution in [1.29, 1.82) is 0 Å². The topological polar surface area (TPSA) is 59.0 Å². The van der Waals surface area contributed by atoms with Crippen molar-refractivity contribution in [2.24, 2.45) is 0 Å². The third-order valence-corrected chi connectivity index (χ3v) is 5.03. The molecule has 2 aromatic heterocycles.